The maximum absolute atomic E-state index is 13.2. The molecule has 8 aromatic rings. The number of hydrogen-bond donors (Lipinski definition) is 2. The molecule has 324 valence electrons. The summed E-state index contributed by atoms with van der Waals surface area (Å²) in [6, 6.07) is 48.8. The van der Waals surface area contributed by atoms with E-state index in [4.69, 9.17) is 18.9 Å². The molecule has 0 aliphatic rings. The Bertz CT molecular complexity index is 2930. The number of anilines is 2. The number of carbonyl (C=O) groups is 6. The summed E-state index contributed by atoms with van der Waals surface area (Å²) in [5, 5.41) is 6.94. The third-order valence-electron chi connectivity index (χ3n) is 10.1. The Labute approximate surface area is 378 Å². The molecule has 12 heteroatoms. The standard InChI is InChI=1S/C54H38N2O10/c1-33-9-13-35(14-10-33)51(59)63-45-25-19-43(20-26-45)55-49(57)39-5-3-7-41(29-39)53(61)65-47-23-17-38-32-48(24-18-37(38)31-47)66-54(62)42-8-4-6-40(30-42)50(58)56-44-21-27-46(28-22-44)64-52(60)36-15-11-34(2)12-16-36/h3-32H,1-2H3,(H,55,57)(H,56,58). The average molecular weight is 875 g/mol. The number of ether oxygens (including phenoxy) is 4. The fourth-order valence-corrected chi connectivity index (χ4v) is 6.57. The number of rotatable bonds is 12. The van der Waals surface area contributed by atoms with Gasteiger partial charge in [-0.25, -0.2) is 19.2 Å². The highest BCUT2D eigenvalue weighted by Crippen LogP contribution is 2.27. The summed E-state index contributed by atoms with van der Waals surface area (Å²) in [4.78, 5) is 77.5. The van der Waals surface area contributed by atoms with Crippen LogP contribution in [0, 0.1) is 13.8 Å². The molecular weight excluding hydrogens is 837 g/mol. The van der Waals surface area contributed by atoms with Gasteiger partial charge < -0.3 is 29.6 Å². The van der Waals surface area contributed by atoms with Crippen LogP contribution in [0.4, 0.5) is 11.4 Å². The number of aryl methyl sites for hydroxylation is 2. The van der Waals surface area contributed by atoms with Crippen molar-refractivity contribution in [2.75, 3.05) is 10.6 Å². The molecule has 2 N–H and O–H groups in total. The van der Waals surface area contributed by atoms with Gasteiger partial charge in [0, 0.05) is 22.5 Å². The van der Waals surface area contributed by atoms with Crippen molar-refractivity contribution in [2.45, 2.75) is 13.8 Å². The van der Waals surface area contributed by atoms with Gasteiger partial charge in [-0.15, -0.1) is 0 Å². The molecule has 8 rings (SSSR count). The highest BCUT2D eigenvalue weighted by atomic mass is 16.5. The molecule has 0 aliphatic heterocycles. The Balaban J connectivity index is 0.834. The van der Waals surface area contributed by atoms with E-state index in [1.165, 1.54) is 24.3 Å². The van der Waals surface area contributed by atoms with Crippen LogP contribution in [0.15, 0.2) is 182 Å². The van der Waals surface area contributed by atoms with E-state index in [0.29, 0.717) is 44.8 Å². The summed E-state index contributed by atoms with van der Waals surface area (Å²) >= 11 is 0. The zero-order valence-corrected chi connectivity index (χ0v) is 35.4. The van der Waals surface area contributed by atoms with Crippen LogP contribution in [0.3, 0.4) is 0 Å². The van der Waals surface area contributed by atoms with Crippen LogP contribution in [0.1, 0.15) is 73.3 Å². The van der Waals surface area contributed by atoms with Crippen LogP contribution in [-0.2, 0) is 0 Å². The summed E-state index contributed by atoms with van der Waals surface area (Å²) in [5.41, 5.74) is 4.53. The Morgan fingerprint density at radius 3 is 1.02 bits per heavy atom. The molecule has 0 aromatic heterocycles. The van der Waals surface area contributed by atoms with Gasteiger partial charge in [-0.1, -0.05) is 59.7 Å². The molecule has 0 atom stereocenters. The van der Waals surface area contributed by atoms with Gasteiger partial charge >= 0.3 is 23.9 Å². The molecule has 0 aliphatic carbocycles. The molecule has 0 saturated heterocycles. The van der Waals surface area contributed by atoms with Crippen molar-refractivity contribution in [1.29, 1.82) is 0 Å². The molecule has 2 amide bonds. The number of fused-ring (bicyclic) bond motifs is 1. The molecule has 0 bridgehead atoms. The van der Waals surface area contributed by atoms with Crippen LogP contribution in [0.5, 0.6) is 23.0 Å². The second-order valence-electron chi connectivity index (χ2n) is 15.1. The molecule has 0 heterocycles. The van der Waals surface area contributed by atoms with Crippen LogP contribution in [-0.4, -0.2) is 35.7 Å². The smallest absolute Gasteiger partial charge is 0.343 e. The lowest BCUT2D eigenvalue weighted by Gasteiger charge is -2.10. The van der Waals surface area contributed by atoms with E-state index >= 15 is 0 Å². The monoisotopic (exact) mass is 874 g/mol. The van der Waals surface area contributed by atoms with Gasteiger partial charge in [0.15, 0.2) is 0 Å². The number of benzene rings is 8. The van der Waals surface area contributed by atoms with Gasteiger partial charge in [-0.05, 0) is 158 Å². The summed E-state index contributed by atoms with van der Waals surface area (Å²) in [5.74, 6) is -2.16. The predicted molar refractivity (Wildman–Crippen MR) is 248 cm³/mol. The lowest BCUT2D eigenvalue weighted by Crippen LogP contribution is -2.14. The molecule has 12 nitrogen and oxygen atoms in total. The van der Waals surface area contributed by atoms with E-state index in [1.807, 2.05) is 38.1 Å². The lowest BCUT2D eigenvalue weighted by molar-refractivity contribution is 0.0724. The van der Waals surface area contributed by atoms with Crippen molar-refractivity contribution in [3.05, 3.63) is 226 Å². The minimum Gasteiger partial charge on any atom is -0.423 e. The van der Waals surface area contributed by atoms with Gasteiger partial charge in [0.1, 0.15) is 23.0 Å². The van der Waals surface area contributed by atoms with E-state index in [1.54, 1.807) is 133 Å². The fourth-order valence-electron chi connectivity index (χ4n) is 6.57. The number of carbonyl (C=O) groups excluding carboxylic acids is 6. The topological polar surface area (TPSA) is 163 Å². The maximum Gasteiger partial charge on any atom is 0.343 e. The molecule has 0 unspecified atom stereocenters. The van der Waals surface area contributed by atoms with E-state index in [2.05, 4.69) is 10.6 Å². The van der Waals surface area contributed by atoms with Gasteiger partial charge in [-0.2, -0.15) is 0 Å². The van der Waals surface area contributed by atoms with Crippen molar-refractivity contribution in [2.24, 2.45) is 0 Å². The second kappa shape index (κ2) is 19.5. The predicted octanol–water partition coefficient (Wildman–Crippen LogP) is 10.8. The minimum absolute atomic E-state index is 0.151. The van der Waals surface area contributed by atoms with Crippen LogP contribution in [0.25, 0.3) is 10.8 Å². The number of hydrogen-bond acceptors (Lipinski definition) is 10. The lowest BCUT2D eigenvalue weighted by atomic mass is 10.1. The van der Waals surface area contributed by atoms with Gasteiger partial charge in [0.25, 0.3) is 11.8 Å². The van der Waals surface area contributed by atoms with Gasteiger partial charge in [0.2, 0.25) is 0 Å². The van der Waals surface area contributed by atoms with Crippen LogP contribution in [0.2, 0.25) is 0 Å². The third-order valence-corrected chi connectivity index (χ3v) is 10.1. The summed E-state index contributed by atoms with van der Waals surface area (Å²) in [6.45, 7) is 3.85. The molecule has 0 saturated carbocycles. The van der Waals surface area contributed by atoms with E-state index in [9.17, 15) is 28.8 Å². The third kappa shape index (κ3) is 10.9. The largest absolute Gasteiger partial charge is 0.423 e. The minimum atomic E-state index is -0.681. The molecule has 0 fully saturated rings. The zero-order chi connectivity index (χ0) is 46.2. The summed E-state index contributed by atoms with van der Waals surface area (Å²) in [6.07, 6.45) is 0. The quantitative estimate of drug-likeness (QED) is 0.0892. The normalized spacial score (nSPS) is 10.6. The molecule has 0 radical (unpaired) electrons. The van der Waals surface area contributed by atoms with Crippen molar-refractivity contribution in [3.63, 3.8) is 0 Å². The summed E-state index contributed by atoms with van der Waals surface area (Å²) in [7, 11) is 0. The van der Waals surface area contributed by atoms with E-state index in [-0.39, 0.29) is 33.8 Å². The Morgan fingerprint density at radius 1 is 0.318 bits per heavy atom. The first-order chi connectivity index (χ1) is 31.9. The van der Waals surface area contributed by atoms with Crippen LogP contribution < -0.4 is 29.6 Å². The van der Waals surface area contributed by atoms with Crippen LogP contribution >= 0.6 is 0 Å². The first-order valence-electron chi connectivity index (χ1n) is 20.5. The Morgan fingerprint density at radius 2 is 0.636 bits per heavy atom. The maximum atomic E-state index is 13.2. The van der Waals surface area contributed by atoms with Crippen molar-refractivity contribution in [3.8, 4) is 23.0 Å². The van der Waals surface area contributed by atoms with E-state index < -0.39 is 35.7 Å². The molecule has 0 spiro atoms. The Kier molecular flexibility index (Phi) is 12.8. The van der Waals surface area contributed by atoms with Gasteiger partial charge in [0.05, 0.1) is 22.3 Å². The molecule has 8 aromatic carbocycles. The SMILES string of the molecule is Cc1ccc(C(=O)Oc2ccc(NC(=O)c3cccc(C(=O)Oc4ccc5cc(OC(=O)c6cccc(C(=O)Nc7ccc(OC(=O)c8ccc(C)cc8)cc7)c6)ccc5c4)c3)cc2)cc1. The van der Waals surface area contributed by atoms with Gasteiger partial charge in [-0.3, -0.25) is 9.59 Å². The Hall–Kier alpha value is -9.16. The second-order valence-corrected chi connectivity index (χ2v) is 15.1. The van der Waals surface area contributed by atoms with Crippen molar-refractivity contribution in [1.82, 2.24) is 0 Å². The highest BCUT2D eigenvalue weighted by molar-refractivity contribution is 6.07. The summed E-state index contributed by atoms with van der Waals surface area (Å²) < 4.78 is 22.2. The first-order valence-corrected chi connectivity index (χ1v) is 20.5. The van der Waals surface area contributed by atoms with Crippen molar-refractivity contribution >= 4 is 57.8 Å². The number of amides is 2. The highest BCUT2D eigenvalue weighted by Gasteiger charge is 2.17. The fraction of sp³-hybridized carbons (Fsp3) is 0.0370. The molecule has 66 heavy (non-hydrogen) atoms. The average Bonchev–Trinajstić information content (AvgIpc) is 3.33. The number of nitrogens with one attached hydrogen (secondary N) is 2. The van der Waals surface area contributed by atoms with Crippen molar-refractivity contribution < 1.29 is 47.7 Å². The molecular formula is C54H38N2O10. The van der Waals surface area contributed by atoms with E-state index in [0.717, 1.165) is 11.1 Å². The zero-order valence-electron chi connectivity index (χ0n) is 35.4. The number of esters is 4. The first kappa shape index (κ1) is 43.5.